The predicted molar refractivity (Wildman–Crippen MR) is 91.3 cm³/mol. The standard InChI is InChI=1S/C17H22N2O9/c1-9(20)26-8-13-12(27-10(2)21)6-14(28-13)19-7-11(15(22)18-17(19)23)16-24-4-3-5-25-16/h7,12-14,16H,3-6,8H2,1-2H3,(H,18,22,23)/t12-,13+,14+/m0/s1. The van der Waals surface area contributed by atoms with E-state index >= 15 is 0 Å². The molecule has 0 saturated carbocycles. The fourth-order valence-electron chi connectivity index (χ4n) is 3.11. The van der Waals surface area contributed by atoms with Crippen LogP contribution in [0.3, 0.4) is 0 Å². The normalized spacial score (nSPS) is 25.4. The van der Waals surface area contributed by atoms with Crippen LogP contribution in [-0.2, 0) is 33.3 Å². The van der Waals surface area contributed by atoms with Gasteiger partial charge >= 0.3 is 17.6 Å². The lowest BCUT2D eigenvalue weighted by Gasteiger charge is -2.23. The van der Waals surface area contributed by atoms with Crippen LogP contribution in [0.1, 0.15) is 44.8 Å². The molecule has 1 N–H and O–H groups in total. The number of rotatable bonds is 5. The van der Waals surface area contributed by atoms with Gasteiger partial charge in [-0.15, -0.1) is 0 Å². The van der Waals surface area contributed by atoms with E-state index in [-0.39, 0.29) is 18.6 Å². The third-order valence-electron chi connectivity index (χ3n) is 4.34. The lowest BCUT2D eigenvalue weighted by molar-refractivity contribution is -0.184. The van der Waals surface area contributed by atoms with Crippen LogP contribution >= 0.6 is 0 Å². The number of nitrogens with zero attached hydrogens (tertiary/aromatic N) is 1. The Hall–Kier alpha value is -2.50. The molecule has 28 heavy (non-hydrogen) atoms. The van der Waals surface area contributed by atoms with Crippen LogP contribution < -0.4 is 11.2 Å². The minimum absolute atomic E-state index is 0.135. The molecule has 3 rings (SSSR count). The SMILES string of the molecule is CC(=O)OC[C@H]1O[C@@H](n2cc(C3OCCCO3)c(=O)[nH]c2=O)C[C@@H]1OC(C)=O. The van der Waals surface area contributed by atoms with Crippen molar-refractivity contribution < 1.29 is 33.3 Å². The summed E-state index contributed by atoms with van der Waals surface area (Å²) in [5, 5.41) is 0. The van der Waals surface area contributed by atoms with Crippen molar-refractivity contribution >= 4 is 11.9 Å². The van der Waals surface area contributed by atoms with Gasteiger partial charge in [-0.3, -0.25) is 23.9 Å². The van der Waals surface area contributed by atoms with Gasteiger partial charge in [0.25, 0.3) is 5.56 Å². The fourth-order valence-corrected chi connectivity index (χ4v) is 3.11. The van der Waals surface area contributed by atoms with Crippen LogP contribution in [0.15, 0.2) is 15.8 Å². The van der Waals surface area contributed by atoms with E-state index < -0.39 is 47.9 Å². The zero-order chi connectivity index (χ0) is 20.3. The molecule has 1 aromatic heterocycles. The molecule has 154 valence electrons. The van der Waals surface area contributed by atoms with E-state index in [0.717, 1.165) is 0 Å². The summed E-state index contributed by atoms with van der Waals surface area (Å²) in [7, 11) is 0. The van der Waals surface area contributed by atoms with Gasteiger partial charge in [-0.25, -0.2) is 4.79 Å². The molecule has 11 nitrogen and oxygen atoms in total. The molecule has 3 atom stereocenters. The third-order valence-corrected chi connectivity index (χ3v) is 4.34. The summed E-state index contributed by atoms with van der Waals surface area (Å²) in [6.07, 6.45) is -1.01. The smallest absolute Gasteiger partial charge is 0.330 e. The average Bonchev–Trinajstić information content (AvgIpc) is 3.02. The van der Waals surface area contributed by atoms with Gasteiger partial charge in [-0.1, -0.05) is 0 Å². The minimum atomic E-state index is -0.883. The van der Waals surface area contributed by atoms with E-state index in [0.29, 0.717) is 19.6 Å². The molecule has 1 aromatic rings. The Balaban J connectivity index is 1.85. The Morgan fingerprint density at radius 3 is 2.57 bits per heavy atom. The Morgan fingerprint density at radius 1 is 1.21 bits per heavy atom. The summed E-state index contributed by atoms with van der Waals surface area (Å²) < 4.78 is 28.0. The van der Waals surface area contributed by atoms with Gasteiger partial charge < -0.3 is 23.7 Å². The molecule has 0 aliphatic carbocycles. The third kappa shape index (κ3) is 4.66. The second-order valence-corrected chi connectivity index (χ2v) is 6.49. The topological polar surface area (TPSA) is 135 Å². The zero-order valence-corrected chi connectivity index (χ0v) is 15.5. The van der Waals surface area contributed by atoms with Crippen molar-refractivity contribution in [2.24, 2.45) is 0 Å². The number of hydrogen-bond acceptors (Lipinski definition) is 9. The molecule has 2 fully saturated rings. The second-order valence-electron chi connectivity index (χ2n) is 6.49. The second kappa shape index (κ2) is 8.67. The Kier molecular flexibility index (Phi) is 6.27. The van der Waals surface area contributed by atoms with Crippen molar-refractivity contribution in [3.63, 3.8) is 0 Å². The molecule has 0 spiro atoms. The molecule has 0 aromatic carbocycles. The maximum absolute atomic E-state index is 12.3. The van der Waals surface area contributed by atoms with Crippen molar-refractivity contribution in [3.8, 4) is 0 Å². The van der Waals surface area contributed by atoms with Crippen LogP contribution in [0.2, 0.25) is 0 Å². The highest BCUT2D eigenvalue weighted by atomic mass is 16.7. The van der Waals surface area contributed by atoms with E-state index in [9.17, 15) is 19.2 Å². The zero-order valence-electron chi connectivity index (χ0n) is 15.5. The summed E-state index contributed by atoms with van der Waals surface area (Å²) in [6.45, 7) is 3.22. The van der Waals surface area contributed by atoms with E-state index in [1.165, 1.54) is 24.6 Å². The van der Waals surface area contributed by atoms with Gasteiger partial charge in [-0.05, 0) is 6.42 Å². The first-order chi connectivity index (χ1) is 13.3. The van der Waals surface area contributed by atoms with Crippen LogP contribution in [0.5, 0.6) is 0 Å². The lowest BCUT2D eigenvalue weighted by atomic mass is 10.2. The number of esters is 2. The van der Waals surface area contributed by atoms with Gasteiger partial charge in [-0.2, -0.15) is 0 Å². The monoisotopic (exact) mass is 398 g/mol. The summed E-state index contributed by atoms with van der Waals surface area (Å²) in [5.41, 5.74) is -1.17. The van der Waals surface area contributed by atoms with Crippen LogP contribution in [0.4, 0.5) is 0 Å². The van der Waals surface area contributed by atoms with Gasteiger partial charge in [0.1, 0.15) is 25.0 Å². The number of ether oxygens (including phenoxy) is 5. The lowest BCUT2D eigenvalue weighted by Crippen LogP contribution is -2.36. The first-order valence-corrected chi connectivity index (χ1v) is 8.89. The number of hydrogen-bond donors (Lipinski definition) is 1. The van der Waals surface area contributed by atoms with Gasteiger partial charge in [0, 0.05) is 26.5 Å². The number of nitrogens with one attached hydrogen (secondary N) is 1. The quantitative estimate of drug-likeness (QED) is 0.666. The van der Waals surface area contributed by atoms with E-state index in [4.69, 9.17) is 23.7 Å². The maximum Gasteiger partial charge on any atom is 0.330 e. The predicted octanol–water partition coefficient (Wildman–Crippen LogP) is -0.246. The van der Waals surface area contributed by atoms with Crippen LogP contribution in [0.25, 0.3) is 0 Å². The highest BCUT2D eigenvalue weighted by Crippen LogP contribution is 2.31. The molecule has 0 unspecified atom stereocenters. The van der Waals surface area contributed by atoms with Crippen molar-refractivity contribution in [2.45, 2.75) is 51.4 Å². The Morgan fingerprint density at radius 2 is 1.93 bits per heavy atom. The maximum atomic E-state index is 12.3. The highest BCUT2D eigenvalue weighted by Gasteiger charge is 2.40. The molecule has 0 radical (unpaired) electrons. The molecule has 2 saturated heterocycles. The molecule has 11 heteroatoms. The van der Waals surface area contributed by atoms with Crippen LogP contribution in [0, 0.1) is 0 Å². The van der Waals surface area contributed by atoms with Gasteiger partial charge in [0.15, 0.2) is 6.29 Å². The van der Waals surface area contributed by atoms with E-state index in [1.54, 1.807) is 0 Å². The van der Waals surface area contributed by atoms with Gasteiger partial charge in [0.05, 0.1) is 18.8 Å². The van der Waals surface area contributed by atoms with Crippen molar-refractivity contribution in [1.29, 1.82) is 0 Å². The van der Waals surface area contributed by atoms with E-state index in [2.05, 4.69) is 4.98 Å². The molecule has 2 aliphatic heterocycles. The number of carbonyl (C=O) groups is 2. The molecule has 0 bridgehead atoms. The van der Waals surface area contributed by atoms with Gasteiger partial charge in [0.2, 0.25) is 0 Å². The Bertz CT molecular complexity index is 840. The molecular weight excluding hydrogens is 376 g/mol. The van der Waals surface area contributed by atoms with Crippen molar-refractivity contribution in [1.82, 2.24) is 9.55 Å². The molecule has 0 amide bonds. The number of H-pyrrole nitrogens is 1. The number of aromatic nitrogens is 2. The molecule has 2 aliphatic rings. The summed E-state index contributed by atoms with van der Waals surface area (Å²) >= 11 is 0. The van der Waals surface area contributed by atoms with E-state index in [1.807, 2.05) is 0 Å². The minimum Gasteiger partial charge on any atom is -0.463 e. The summed E-state index contributed by atoms with van der Waals surface area (Å²) in [5.74, 6) is -1.04. The first-order valence-electron chi connectivity index (χ1n) is 8.89. The molecular formula is C17H22N2O9. The summed E-state index contributed by atoms with van der Waals surface area (Å²) in [6, 6.07) is 0. The first kappa shape index (κ1) is 20.2. The number of aromatic amines is 1. The largest absolute Gasteiger partial charge is 0.463 e. The average molecular weight is 398 g/mol. The number of carbonyl (C=O) groups excluding carboxylic acids is 2. The summed E-state index contributed by atoms with van der Waals surface area (Å²) in [4.78, 5) is 49.1. The highest BCUT2D eigenvalue weighted by molar-refractivity contribution is 5.66. The van der Waals surface area contributed by atoms with Crippen LogP contribution in [-0.4, -0.2) is 53.5 Å². The fraction of sp³-hybridized carbons (Fsp3) is 0.647. The van der Waals surface area contributed by atoms with Crippen molar-refractivity contribution in [2.75, 3.05) is 19.8 Å². The van der Waals surface area contributed by atoms with Crippen molar-refractivity contribution in [3.05, 3.63) is 32.6 Å². The molecule has 3 heterocycles. The Labute approximate surface area is 159 Å².